The van der Waals surface area contributed by atoms with E-state index in [0.29, 0.717) is 4.67 Å². The van der Waals surface area contributed by atoms with Gasteiger partial charge in [-0.2, -0.15) is 13.2 Å². The number of benzene rings is 1. The average Bonchev–Trinajstić information content (AvgIpc) is 2.93. The van der Waals surface area contributed by atoms with Gasteiger partial charge in [-0.1, -0.05) is 11.6 Å². The Morgan fingerprint density at radius 1 is 1.28 bits per heavy atom. The number of carbonyl (C=O) groups excluding carboxylic acids is 2. The van der Waals surface area contributed by atoms with Crippen molar-refractivity contribution in [2.45, 2.75) is 6.18 Å². The fourth-order valence-electron chi connectivity index (χ4n) is 1.93. The lowest BCUT2D eigenvalue weighted by molar-refractivity contribution is -0.137. The Bertz CT molecular complexity index is 808. The van der Waals surface area contributed by atoms with Gasteiger partial charge in [0.25, 0.3) is 5.91 Å². The van der Waals surface area contributed by atoms with Crippen molar-refractivity contribution < 1.29 is 27.2 Å². The van der Waals surface area contributed by atoms with Gasteiger partial charge in [-0.05, 0) is 46.3 Å². The van der Waals surface area contributed by atoms with Gasteiger partial charge in [-0.15, -0.1) is 0 Å². The number of carbonyl (C=O) groups is 2. The standard InChI is InChI=1S/C15H11BrClF3N2O3/c1-22(14(24)11-4-5-12(16)25-11)7-13(23)21-8-2-3-10(17)9(6-8)15(18,19)20/h2-6H,7H2,1H3,(H,21,23). The molecule has 25 heavy (non-hydrogen) atoms. The van der Waals surface area contributed by atoms with E-state index >= 15 is 0 Å². The summed E-state index contributed by atoms with van der Waals surface area (Å²) >= 11 is 8.57. The summed E-state index contributed by atoms with van der Waals surface area (Å²) in [6, 6.07) is 5.95. The van der Waals surface area contributed by atoms with Crippen LogP contribution in [0.5, 0.6) is 0 Å². The number of nitrogens with one attached hydrogen (secondary N) is 1. The van der Waals surface area contributed by atoms with Crippen molar-refractivity contribution in [3.8, 4) is 0 Å². The number of hydrogen-bond acceptors (Lipinski definition) is 3. The minimum atomic E-state index is -4.64. The smallest absolute Gasteiger partial charge is 0.417 e. The number of alkyl halides is 3. The van der Waals surface area contributed by atoms with E-state index in [1.807, 2.05) is 0 Å². The molecular weight excluding hydrogens is 429 g/mol. The predicted octanol–water partition coefficient (Wildman–Crippen LogP) is 4.43. The molecule has 0 aliphatic carbocycles. The summed E-state index contributed by atoms with van der Waals surface area (Å²) in [4.78, 5) is 25.1. The quantitative estimate of drug-likeness (QED) is 0.767. The first-order valence-electron chi connectivity index (χ1n) is 6.75. The van der Waals surface area contributed by atoms with Crippen molar-refractivity contribution in [1.82, 2.24) is 4.90 Å². The number of rotatable bonds is 4. The van der Waals surface area contributed by atoms with Gasteiger partial charge in [-0.3, -0.25) is 9.59 Å². The van der Waals surface area contributed by atoms with E-state index in [-0.39, 0.29) is 18.0 Å². The molecule has 0 bridgehead atoms. The van der Waals surface area contributed by atoms with Crippen molar-refractivity contribution in [2.24, 2.45) is 0 Å². The molecule has 134 valence electrons. The van der Waals surface area contributed by atoms with Crippen LogP contribution in [0.1, 0.15) is 16.1 Å². The number of anilines is 1. The molecule has 1 aromatic carbocycles. The lowest BCUT2D eigenvalue weighted by atomic mass is 10.2. The van der Waals surface area contributed by atoms with Gasteiger partial charge in [0.15, 0.2) is 10.4 Å². The van der Waals surface area contributed by atoms with Gasteiger partial charge in [-0.25, -0.2) is 0 Å². The number of furan rings is 1. The van der Waals surface area contributed by atoms with Crippen LogP contribution in [-0.2, 0) is 11.0 Å². The van der Waals surface area contributed by atoms with E-state index in [0.717, 1.165) is 17.0 Å². The second-order valence-electron chi connectivity index (χ2n) is 5.01. The maximum atomic E-state index is 12.8. The van der Waals surface area contributed by atoms with Gasteiger partial charge < -0.3 is 14.6 Å². The monoisotopic (exact) mass is 438 g/mol. The Hall–Kier alpha value is -2.00. The zero-order valence-electron chi connectivity index (χ0n) is 12.7. The first-order chi connectivity index (χ1) is 11.6. The highest BCUT2D eigenvalue weighted by atomic mass is 79.9. The Labute approximate surface area is 153 Å². The van der Waals surface area contributed by atoms with Gasteiger partial charge >= 0.3 is 6.18 Å². The van der Waals surface area contributed by atoms with E-state index < -0.39 is 28.6 Å². The number of hydrogen-bond donors (Lipinski definition) is 1. The third-order valence-corrected chi connectivity index (χ3v) is 3.82. The molecule has 0 saturated carbocycles. The summed E-state index contributed by atoms with van der Waals surface area (Å²) in [5, 5.41) is 1.82. The number of halogens is 5. The van der Waals surface area contributed by atoms with Crippen molar-refractivity contribution >= 4 is 45.0 Å². The molecule has 1 heterocycles. The van der Waals surface area contributed by atoms with Crippen molar-refractivity contribution in [2.75, 3.05) is 18.9 Å². The fourth-order valence-corrected chi connectivity index (χ4v) is 2.46. The van der Waals surface area contributed by atoms with Crippen LogP contribution in [0.15, 0.2) is 39.4 Å². The maximum Gasteiger partial charge on any atom is 0.417 e. The zero-order valence-corrected chi connectivity index (χ0v) is 15.0. The number of nitrogens with zero attached hydrogens (tertiary/aromatic N) is 1. The Kier molecular flexibility index (Phi) is 5.79. The molecule has 0 aliphatic heterocycles. The lowest BCUT2D eigenvalue weighted by Gasteiger charge is -2.16. The first kappa shape index (κ1) is 19.3. The Morgan fingerprint density at radius 3 is 2.52 bits per heavy atom. The van der Waals surface area contributed by atoms with Gasteiger partial charge in [0.2, 0.25) is 5.91 Å². The molecule has 10 heteroatoms. The summed E-state index contributed by atoms with van der Waals surface area (Å²) in [7, 11) is 1.36. The molecule has 0 unspecified atom stereocenters. The third-order valence-electron chi connectivity index (χ3n) is 3.07. The van der Waals surface area contributed by atoms with Gasteiger partial charge in [0.05, 0.1) is 17.1 Å². The molecule has 5 nitrogen and oxygen atoms in total. The molecule has 1 aromatic heterocycles. The van der Waals surface area contributed by atoms with Crippen LogP contribution in [0, 0.1) is 0 Å². The second kappa shape index (κ2) is 7.49. The molecule has 2 amide bonds. The molecule has 1 N–H and O–H groups in total. The van der Waals surface area contributed by atoms with Crippen LogP contribution in [0.2, 0.25) is 5.02 Å². The zero-order chi connectivity index (χ0) is 18.8. The topological polar surface area (TPSA) is 62.6 Å². The number of amides is 2. The molecule has 0 aliphatic rings. The summed E-state index contributed by atoms with van der Waals surface area (Å²) in [6.07, 6.45) is -4.64. The minimum absolute atomic E-state index is 0.0213. The van der Waals surface area contributed by atoms with Crippen molar-refractivity contribution in [1.29, 1.82) is 0 Å². The van der Waals surface area contributed by atoms with Crippen LogP contribution < -0.4 is 5.32 Å². The molecule has 2 aromatic rings. The Balaban J connectivity index is 2.04. The maximum absolute atomic E-state index is 12.8. The van der Waals surface area contributed by atoms with Crippen molar-refractivity contribution in [3.05, 3.63) is 51.3 Å². The largest absolute Gasteiger partial charge is 0.444 e. The summed E-state index contributed by atoms with van der Waals surface area (Å²) in [5.74, 6) is -1.20. The van der Waals surface area contributed by atoms with Crippen LogP contribution in [-0.4, -0.2) is 30.3 Å². The van der Waals surface area contributed by atoms with E-state index in [9.17, 15) is 22.8 Å². The highest BCUT2D eigenvalue weighted by Gasteiger charge is 2.33. The van der Waals surface area contributed by atoms with Crippen LogP contribution in [0.25, 0.3) is 0 Å². The number of likely N-dealkylation sites (N-methyl/N-ethyl adjacent to an activating group) is 1. The Morgan fingerprint density at radius 2 is 1.96 bits per heavy atom. The molecule has 2 rings (SSSR count). The predicted molar refractivity (Wildman–Crippen MR) is 88.5 cm³/mol. The normalized spacial score (nSPS) is 11.3. The van der Waals surface area contributed by atoms with E-state index in [2.05, 4.69) is 21.2 Å². The lowest BCUT2D eigenvalue weighted by Crippen LogP contribution is -2.34. The fraction of sp³-hybridized carbons (Fsp3) is 0.200. The van der Waals surface area contributed by atoms with E-state index in [1.54, 1.807) is 0 Å². The van der Waals surface area contributed by atoms with E-state index in [1.165, 1.54) is 25.2 Å². The van der Waals surface area contributed by atoms with Gasteiger partial charge in [0.1, 0.15) is 0 Å². The van der Waals surface area contributed by atoms with E-state index in [4.69, 9.17) is 16.0 Å². The highest BCUT2D eigenvalue weighted by molar-refractivity contribution is 9.10. The first-order valence-corrected chi connectivity index (χ1v) is 7.92. The van der Waals surface area contributed by atoms with Gasteiger partial charge in [0, 0.05) is 12.7 Å². The molecule has 0 fully saturated rings. The third kappa shape index (κ3) is 4.99. The second-order valence-corrected chi connectivity index (χ2v) is 6.19. The molecule has 0 atom stereocenters. The molecule has 0 radical (unpaired) electrons. The average molecular weight is 440 g/mol. The SMILES string of the molecule is CN(CC(=O)Nc1ccc(Cl)c(C(F)(F)F)c1)C(=O)c1ccc(Br)o1. The van der Waals surface area contributed by atoms with Crippen LogP contribution in [0.4, 0.5) is 18.9 Å². The van der Waals surface area contributed by atoms with Crippen LogP contribution in [0.3, 0.4) is 0 Å². The molecule has 0 saturated heterocycles. The summed E-state index contributed by atoms with van der Waals surface area (Å²) < 4.78 is 43.9. The summed E-state index contributed by atoms with van der Waals surface area (Å²) in [5.41, 5.74) is -1.14. The molecule has 0 spiro atoms. The van der Waals surface area contributed by atoms with Crippen LogP contribution >= 0.6 is 27.5 Å². The summed E-state index contributed by atoms with van der Waals surface area (Å²) in [6.45, 7) is -0.374. The highest BCUT2D eigenvalue weighted by Crippen LogP contribution is 2.36. The molecular formula is C15H11BrClF3N2O3. The minimum Gasteiger partial charge on any atom is -0.444 e. The van der Waals surface area contributed by atoms with Crippen molar-refractivity contribution in [3.63, 3.8) is 0 Å².